The van der Waals surface area contributed by atoms with Gasteiger partial charge in [0.15, 0.2) is 11.6 Å². The normalized spacial score (nSPS) is 11.1. The minimum atomic E-state index is -4.21. The number of carbonyl (C=O) groups excluding carboxylic acids is 1. The van der Waals surface area contributed by atoms with E-state index in [4.69, 9.17) is 10.7 Å². The van der Waals surface area contributed by atoms with Gasteiger partial charge in [0, 0.05) is 22.8 Å². The van der Waals surface area contributed by atoms with Gasteiger partial charge >= 0.3 is 0 Å². The van der Waals surface area contributed by atoms with Crippen molar-refractivity contribution < 1.29 is 22.3 Å². The molecule has 0 heterocycles. The molecule has 0 spiro atoms. The van der Waals surface area contributed by atoms with Crippen molar-refractivity contribution >= 4 is 25.6 Å². The number of halogens is 2. The average molecular weight is 296 g/mol. The molecule has 0 atom stereocenters. The molecule has 1 aromatic rings. The zero-order valence-electron chi connectivity index (χ0n) is 9.66. The molecule has 1 rings (SSSR count). The molecule has 0 radical (unpaired) electrons. The lowest BCUT2D eigenvalue weighted by Gasteiger charge is -2.09. The van der Waals surface area contributed by atoms with E-state index in [-0.39, 0.29) is 5.56 Å². The Labute approximate surface area is 108 Å². The van der Waals surface area contributed by atoms with Gasteiger partial charge < -0.3 is 10.1 Å². The first-order valence-corrected chi connectivity index (χ1v) is 7.22. The van der Waals surface area contributed by atoms with Crippen LogP contribution in [0.5, 0.6) is 5.75 Å². The summed E-state index contributed by atoms with van der Waals surface area (Å²) in [4.78, 5) is 10.9. The molecule has 5 nitrogen and oxygen atoms in total. The van der Waals surface area contributed by atoms with Gasteiger partial charge in [-0.05, 0) is 19.1 Å². The molecule has 0 saturated heterocycles. The highest BCUT2D eigenvalue weighted by molar-refractivity contribution is 8.13. The monoisotopic (exact) mass is 295 g/mol. The summed E-state index contributed by atoms with van der Waals surface area (Å²) in [6.07, 6.45) is 0. The predicted octanol–water partition coefficient (Wildman–Crippen LogP) is 1.51. The van der Waals surface area contributed by atoms with E-state index in [2.05, 4.69) is 10.1 Å². The zero-order chi connectivity index (χ0) is 13.9. The van der Waals surface area contributed by atoms with Crippen LogP contribution in [0.4, 0.5) is 4.39 Å². The molecule has 1 amide bonds. The van der Waals surface area contributed by atoms with Gasteiger partial charge in [-0.1, -0.05) is 0 Å². The summed E-state index contributed by atoms with van der Waals surface area (Å²) >= 11 is 0. The Kier molecular flexibility index (Phi) is 4.53. The molecular weight excluding hydrogens is 285 g/mol. The fourth-order valence-corrected chi connectivity index (χ4v) is 2.35. The van der Waals surface area contributed by atoms with Crippen molar-refractivity contribution in [3.8, 4) is 5.75 Å². The summed E-state index contributed by atoms with van der Waals surface area (Å²) in [6, 6.07) is 1.85. The Morgan fingerprint density at radius 3 is 2.56 bits per heavy atom. The molecule has 0 aliphatic carbocycles. The van der Waals surface area contributed by atoms with Gasteiger partial charge in [-0.25, -0.2) is 12.8 Å². The highest BCUT2D eigenvalue weighted by Crippen LogP contribution is 2.30. The van der Waals surface area contributed by atoms with Gasteiger partial charge in [-0.3, -0.25) is 4.79 Å². The van der Waals surface area contributed by atoms with Crippen molar-refractivity contribution in [2.24, 2.45) is 0 Å². The van der Waals surface area contributed by atoms with Gasteiger partial charge in [0.25, 0.3) is 15.0 Å². The third-order valence-electron chi connectivity index (χ3n) is 2.08. The van der Waals surface area contributed by atoms with E-state index in [0.717, 1.165) is 19.2 Å². The molecule has 0 unspecified atom stereocenters. The Hall–Kier alpha value is -1.34. The first kappa shape index (κ1) is 14.7. The van der Waals surface area contributed by atoms with Crippen LogP contribution in [0.15, 0.2) is 17.0 Å². The highest BCUT2D eigenvalue weighted by Gasteiger charge is 2.23. The Balaban J connectivity index is 3.45. The van der Waals surface area contributed by atoms with Crippen molar-refractivity contribution in [1.29, 1.82) is 0 Å². The zero-order valence-corrected chi connectivity index (χ0v) is 11.2. The van der Waals surface area contributed by atoms with Gasteiger partial charge in [-0.15, -0.1) is 0 Å². The van der Waals surface area contributed by atoms with Crippen molar-refractivity contribution in [2.45, 2.75) is 11.8 Å². The van der Waals surface area contributed by atoms with Crippen molar-refractivity contribution in [2.75, 3.05) is 13.7 Å². The lowest BCUT2D eigenvalue weighted by Crippen LogP contribution is -2.23. The number of benzene rings is 1. The van der Waals surface area contributed by atoms with Crippen LogP contribution < -0.4 is 10.1 Å². The average Bonchev–Trinajstić information content (AvgIpc) is 2.27. The number of rotatable bonds is 4. The van der Waals surface area contributed by atoms with Crippen LogP contribution in [0, 0.1) is 5.82 Å². The summed E-state index contributed by atoms with van der Waals surface area (Å²) in [5, 5.41) is 2.42. The summed E-state index contributed by atoms with van der Waals surface area (Å²) in [7, 11) is 2.06. The van der Waals surface area contributed by atoms with E-state index in [0.29, 0.717) is 6.54 Å². The van der Waals surface area contributed by atoms with Crippen LogP contribution >= 0.6 is 10.7 Å². The fourth-order valence-electron chi connectivity index (χ4n) is 1.34. The van der Waals surface area contributed by atoms with Gasteiger partial charge in [0.2, 0.25) is 0 Å². The minimum absolute atomic E-state index is 0.144. The largest absolute Gasteiger partial charge is 0.492 e. The number of hydrogen-bond donors (Lipinski definition) is 1. The maximum atomic E-state index is 13.6. The first-order valence-electron chi connectivity index (χ1n) is 4.91. The summed E-state index contributed by atoms with van der Waals surface area (Å²) in [6.45, 7) is 2.01. The van der Waals surface area contributed by atoms with Gasteiger partial charge in [-0.2, -0.15) is 0 Å². The molecule has 1 aromatic carbocycles. The molecule has 18 heavy (non-hydrogen) atoms. The third-order valence-corrected chi connectivity index (χ3v) is 3.40. The van der Waals surface area contributed by atoms with Crippen molar-refractivity contribution in [3.05, 3.63) is 23.5 Å². The minimum Gasteiger partial charge on any atom is -0.492 e. The SMILES string of the molecule is CCNC(=O)c1cc(F)c(OC)c(S(=O)(=O)Cl)c1. The smallest absolute Gasteiger partial charge is 0.265 e. The Morgan fingerprint density at radius 2 is 2.11 bits per heavy atom. The van der Waals surface area contributed by atoms with Crippen LogP contribution in [-0.2, 0) is 9.05 Å². The van der Waals surface area contributed by atoms with Crippen LogP contribution in [0.25, 0.3) is 0 Å². The number of hydrogen-bond acceptors (Lipinski definition) is 4. The number of amides is 1. The Bertz CT molecular complexity index is 573. The quantitative estimate of drug-likeness (QED) is 0.855. The molecule has 0 fully saturated rings. The second-order valence-electron chi connectivity index (χ2n) is 3.29. The summed E-state index contributed by atoms with van der Waals surface area (Å²) in [5.74, 6) is -2.08. The molecule has 0 saturated carbocycles. The maximum Gasteiger partial charge on any atom is 0.265 e. The van der Waals surface area contributed by atoms with Crippen LogP contribution in [0.3, 0.4) is 0 Å². The molecular formula is C10H11ClFNO4S. The van der Waals surface area contributed by atoms with E-state index in [1.165, 1.54) is 0 Å². The van der Waals surface area contributed by atoms with Crippen LogP contribution in [-0.4, -0.2) is 28.0 Å². The van der Waals surface area contributed by atoms with Crippen molar-refractivity contribution in [1.82, 2.24) is 5.32 Å². The molecule has 0 aliphatic rings. The van der Waals surface area contributed by atoms with Gasteiger partial charge in [0.1, 0.15) is 4.90 Å². The lowest BCUT2D eigenvalue weighted by molar-refractivity contribution is 0.0955. The molecule has 0 aromatic heterocycles. The maximum absolute atomic E-state index is 13.6. The molecule has 8 heteroatoms. The Morgan fingerprint density at radius 1 is 1.50 bits per heavy atom. The molecule has 100 valence electrons. The molecule has 0 bridgehead atoms. The fraction of sp³-hybridized carbons (Fsp3) is 0.300. The van der Waals surface area contributed by atoms with E-state index >= 15 is 0 Å². The number of methoxy groups -OCH3 is 1. The van der Waals surface area contributed by atoms with Crippen LogP contribution in [0.1, 0.15) is 17.3 Å². The van der Waals surface area contributed by atoms with E-state index in [9.17, 15) is 17.6 Å². The van der Waals surface area contributed by atoms with E-state index in [1.807, 2.05) is 0 Å². The number of carbonyl (C=O) groups is 1. The topological polar surface area (TPSA) is 72.5 Å². The second-order valence-corrected chi connectivity index (χ2v) is 5.82. The van der Waals surface area contributed by atoms with E-state index in [1.54, 1.807) is 6.92 Å². The summed E-state index contributed by atoms with van der Waals surface area (Å²) in [5.41, 5.74) is -0.144. The highest BCUT2D eigenvalue weighted by atomic mass is 35.7. The molecule has 0 aliphatic heterocycles. The number of nitrogens with one attached hydrogen (secondary N) is 1. The lowest BCUT2D eigenvalue weighted by atomic mass is 10.2. The van der Waals surface area contributed by atoms with Crippen molar-refractivity contribution in [3.63, 3.8) is 0 Å². The summed E-state index contributed by atoms with van der Waals surface area (Å²) < 4.78 is 40.8. The first-order chi connectivity index (χ1) is 8.31. The standard InChI is InChI=1S/C10H11ClFNO4S/c1-3-13-10(14)6-4-7(12)9(17-2)8(5-6)18(11,15)16/h4-5H,3H2,1-2H3,(H,13,14). The third kappa shape index (κ3) is 3.11. The number of ether oxygens (including phenoxy) is 1. The van der Waals surface area contributed by atoms with Crippen LogP contribution in [0.2, 0.25) is 0 Å². The second kappa shape index (κ2) is 5.53. The molecule has 1 N–H and O–H groups in total. The predicted molar refractivity (Wildman–Crippen MR) is 64.0 cm³/mol. The van der Waals surface area contributed by atoms with E-state index < -0.39 is 31.4 Å². The van der Waals surface area contributed by atoms with Gasteiger partial charge in [0.05, 0.1) is 7.11 Å².